The van der Waals surface area contributed by atoms with Gasteiger partial charge < -0.3 is 10.2 Å². The van der Waals surface area contributed by atoms with Crippen molar-refractivity contribution in [3.63, 3.8) is 0 Å². The SMILES string of the molecule is CCCN(CC1CC1)C(=O)C(NC)c1cnn(C)c1.Cl. The van der Waals surface area contributed by atoms with Crippen molar-refractivity contribution in [2.24, 2.45) is 13.0 Å². The molecule has 0 saturated heterocycles. The third-order valence-corrected chi connectivity index (χ3v) is 3.57. The zero-order valence-corrected chi connectivity index (χ0v) is 13.3. The van der Waals surface area contributed by atoms with E-state index in [0.717, 1.165) is 31.0 Å². The molecular formula is C14H25ClN4O. The van der Waals surface area contributed by atoms with Crippen LogP contribution in [0.3, 0.4) is 0 Å². The number of carbonyl (C=O) groups excluding carboxylic acids is 1. The molecule has 0 aliphatic heterocycles. The van der Waals surface area contributed by atoms with E-state index in [1.54, 1.807) is 10.9 Å². The fraction of sp³-hybridized carbons (Fsp3) is 0.714. The van der Waals surface area contributed by atoms with Gasteiger partial charge in [0.15, 0.2) is 0 Å². The van der Waals surface area contributed by atoms with Crippen LogP contribution in [0.2, 0.25) is 0 Å². The Balaban J connectivity index is 0.00000200. The monoisotopic (exact) mass is 300 g/mol. The number of amides is 1. The van der Waals surface area contributed by atoms with Crippen molar-refractivity contribution >= 4 is 18.3 Å². The first-order chi connectivity index (χ1) is 9.15. The maximum absolute atomic E-state index is 12.7. The van der Waals surface area contributed by atoms with Crippen molar-refractivity contribution in [2.75, 3.05) is 20.1 Å². The Bertz CT molecular complexity index is 431. The van der Waals surface area contributed by atoms with Gasteiger partial charge in [-0.3, -0.25) is 9.48 Å². The Kier molecular flexibility index (Phi) is 6.49. The molecule has 1 aliphatic rings. The van der Waals surface area contributed by atoms with Gasteiger partial charge in [0.2, 0.25) is 5.91 Å². The van der Waals surface area contributed by atoms with Crippen LogP contribution in [-0.4, -0.2) is 40.7 Å². The van der Waals surface area contributed by atoms with E-state index in [0.29, 0.717) is 0 Å². The molecule has 1 unspecified atom stereocenters. The molecule has 0 aromatic carbocycles. The van der Waals surface area contributed by atoms with Gasteiger partial charge in [-0.1, -0.05) is 6.92 Å². The Morgan fingerprint density at radius 3 is 2.75 bits per heavy atom. The Morgan fingerprint density at radius 1 is 1.60 bits per heavy atom. The van der Waals surface area contributed by atoms with E-state index in [-0.39, 0.29) is 24.4 Å². The van der Waals surface area contributed by atoms with Crippen molar-refractivity contribution in [3.05, 3.63) is 18.0 Å². The number of aryl methyl sites for hydroxylation is 1. The summed E-state index contributed by atoms with van der Waals surface area (Å²) in [4.78, 5) is 14.7. The normalized spacial score (nSPS) is 15.6. The van der Waals surface area contributed by atoms with Crippen LogP contribution >= 0.6 is 12.4 Å². The first-order valence-corrected chi connectivity index (χ1v) is 7.10. The lowest BCUT2D eigenvalue weighted by atomic mass is 10.1. The first-order valence-electron chi connectivity index (χ1n) is 7.10. The van der Waals surface area contributed by atoms with Crippen molar-refractivity contribution in [3.8, 4) is 0 Å². The number of carbonyl (C=O) groups is 1. The summed E-state index contributed by atoms with van der Waals surface area (Å²) < 4.78 is 1.73. The van der Waals surface area contributed by atoms with Crippen LogP contribution in [0.4, 0.5) is 0 Å². The van der Waals surface area contributed by atoms with Gasteiger partial charge in [0, 0.05) is 31.9 Å². The molecule has 0 radical (unpaired) electrons. The van der Waals surface area contributed by atoms with E-state index in [2.05, 4.69) is 17.3 Å². The Hall–Kier alpha value is -1.07. The lowest BCUT2D eigenvalue weighted by molar-refractivity contribution is -0.133. The summed E-state index contributed by atoms with van der Waals surface area (Å²) in [5.74, 6) is 0.895. The molecule has 1 heterocycles. The van der Waals surface area contributed by atoms with E-state index >= 15 is 0 Å². The minimum atomic E-state index is -0.279. The maximum atomic E-state index is 12.7. The molecule has 1 aromatic heterocycles. The van der Waals surface area contributed by atoms with Gasteiger partial charge in [-0.15, -0.1) is 12.4 Å². The number of hydrogen-bond acceptors (Lipinski definition) is 3. The van der Waals surface area contributed by atoms with E-state index < -0.39 is 0 Å². The molecule has 5 nitrogen and oxygen atoms in total. The largest absolute Gasteiger partial charge is 0.341 e. The number of halogens is 1. The van der Waals surface area contributed by atoms with Crippen LogP contribution in [0, 0.1) is 5.92 Å². The quantitative estimate of drug-likeness (QED) is 0.835. The van der Waals surface area contributed by atoms with Gasteiger partial charge >= 0.3 is 0 Å². The predicted molar refractivity (Wildman–Crippen MR) is 81.9 cm³/mol. The molecule has 6 heteroatoms. The zero-order chi connectivity index (χ0) is 13.8. The minimum Gasteiger partial charge on any atom is -0.341 e. The van der Waals surface area contributed by atoms with Gasteiger partial charge in [0.25, 0.3) is 0 Å². The lowest BCUT2D eigenvalue weighted by Crippen LogP contribution is -2.41. The second-order valence-electron chi connectivity index (χ2n) is 5.40. The molecular weight excluding hydrogens is 276 g/mol. The third-order valence-electron chi connectivity index (χ3n) is 3.57. The second-order valence-corrected chi connectivity index (χ2v) is 5.40. The summed E-state index contributed by atoms with van der Waals surface area (Å²) in [5, 5.41) is 7.27. The number of hydrogen-bond donors (Lipinski definition) is 1. The molecule has 1 fully saturated rings. The van der Waals surface area contributed by atoms with Crippen molar-refractivity contribution in [1.82, 2.24) is 20.0 Å². The van der Waals surface area contributed by atoms with Gasteiger partial charge in [0.1, 0.15) is 6.04 Å². The minimum absolute atomic E-state index is 0. The van der Waals surface area contributed by atoms with E-state index in [1.807, 2.05) is 25.2 Å². The lowest BCUT2D eigenvalue weighted by Gasteiger charge is -2.26. The van der Waals surface area contributed by atoms with E-state index in [4.69, 9.17) is 0 Å². The number of nitrogens with one attached hydrogen (secondary N) is 1. The van der Waals surface area contributed by atoms with Gasteiger partial charge in [0.05, 0.1) is 6.20 Å². The smallest absolute Gasteiger partial charge is 0.244 e. The highest BCUT2D eigenvalue weighted by Crippen LogP contribution is 2.30. The first kappa shape index (κ1) is 17.0. The topological polar surface area (TPSA) is 50.2 Å². The van der Waals surface area contributed by atoms with Gasteiger partial charge in [-0.2, -0.15) is 5.10 Å². The molecule has 0 bridgehead atoms. The molecule has 2 rings (SSSR count). The average Bonchev–Trinajstić information content (AvgIpc) is 3.11. The molecule has 1 saturated carbocycles. The number of nitrogens with zero attached hydrogens (tertiary/aromatic N) is 3. The molecule has 114 valence electrons. The molecule has 20 heavy (non-hydrogen) atoms. The molecule has 1 atom stereocenters. The fourth-order valence-electron chi connectivity index (χ4n) is 2.38. The molecule has 0 spiro atoms. The summed E-state index contributed by atoms with van der Waals surface area (Å²) >= 11 is 0. The zero-order valence-electron chi connectivity index (χ0n) is 12.5. The fourth-order valence-corrected chi connectivity index (χ4v) is 2.38. The van der Waals surface area contributed by atoms with Gasteiger partial charge in [-0.25, -0.2) is 0 Å². The van der Waals surface area contributed by atoms with Crippen molar-refractivity contribution in [1.29, 1.82) is 0 Å². The van der Waals surface area contributed by atoms with Crippen LogP contribution in [0.5, 0.6) is 0 Å². The van der Waals surface area contributed by atoms with Crippen LogP contribution in [0.25, 0.3) is 0 Å². The summed E-state index contributed by atoms with van der Waals surface area (Å²) in [5.41, 5.74) is 0.937. The molecule has 1 aromatic rings. The van der Waals surface area contributed by atoms with Crippen LogP contribution in [-0.2, 0) is 11.8 Å². The standard InChI is InChI=1S/C14H24N4O.ClH/c1-4-7-18(9-11-5-6-11)14(19)13(15-2)12-8-16-17(3)10-12;/h8,10-11,13,15H,4-7,9H2,1-3H3;1H. The highest BCUT2D eigenvalue weighted by molar-refractivity contribution is 5.85. The number of rotatable bonds is 7. The summed E-state index contributed by atoms with van der Waals surface area (Å²) in [7, 11) is 3.70. The number of likely N-dealkylation sites (N-methyl/N-ethyl adjacent to an activating group) is 1. The summed E-state index contributed by atoms with van der Waals surface area (Å²) in [6.07, 6.45) is 7.21. The van der Waals surface area contributed by atoms with Crippen LogP contribution in [0.1, 0.15) is 37.8 Å². The highest BCUT2D eigenvalue weighted by atomic mass is 35.5. The molecule has 1 amide bonds. The van der Waals surface area contributed by atoms with Gasteiger partial charge in [-0.05, 0) is 32.2 Å². The van der Waals surface area contributed by atoms with E-state index in [1.165, 1.54) is 12.8 Å². The Labute approximate surface area is 127 Å². The molecule has 1 aliphatic carbocycles. The number of aromatic nitrogens is 2. The summed E-state index contributed by atoms with van der Waals surface area (Å²) in [6.45, 7) is 3.87. The Morgan fingerprint density at radius 2 is 2.30 bits per heavy atom. The predicted octanol–water partition coefficient (Wildman–Crippen LogP) is 1.75. The van der Waals surface area contributed by atoms with Crippen LogP contribution < -0.4 is 5.32 Å². The maximum Gasteiger partial charge on any atom is 0.244 e. The highest BCUT2D eigenvalue weighted by Gasteiger charge is 2.30. The van der Waals surface area contributed by atoms with Crippen molar-refractivity contribution < 1.29 is 4.79 Å². The van der Waals surface area contributed by atoms with E-state index in [9.17, 15) is 4.79 Å². The second kappa shape index (κ2) is 7.64. The molecule has 1 N–H and O–H groups in total. The van der Waals surface area contributed by atoms with Crippen LogP contribution in [0.15, 0.2) is 12.4 Å². The van der Waals surface area contributed by atoms with Crippen molar-refractivity contribution in [2.45, 2.75) is 32.2 Å². The summed E-state index contributed by atoms with van der Waals surface area (Å²) in [6, 6.07) is -0.279. The average molecular weight is 301 g/mol. The third kappa shape index (κ3) is 4.21.